The molecule has 0 aromatic heterocycles. The van der Waals surface area contributed by atoms with Crippen molar-refractivity contribution in [2.45, 2.75) is 62.4 Å². The summed E-state index contributed by atoms with van der Waals surface area (Å²) in [5, 5.41) is 3.72. The lowest BCUT2D eigenvalue weighted by molar-refractivity contribution is -0.0728. The molecule has 0 radical (unpaired) electrons. The minimum atomic E-state index is 0.103. The quantitative estimate of drug-likeness (QED) is 0.834. The van der Waals surface area contributed by atoms with Gasteiger partial charge in [0.25, 0.3) is 0 Å². The minimum absolute atomic E-state index is 0.103. The molecule has 0 aromatic rings. The van der Waals surface area contributed by atoms with Crippen LogP contribution in [0.1, 0.15) is 44.9 Å². The predicted octanol–water partition coefficient (Wildman–Crippen LogP) is 2.64. The Morgan fingerprint density at radius 1 is 1.17 bits per heavy atom. The zero-order chi connectivity index (χ0) is 15.9. The number of carbonyl (C=O) groups excluding carboxylic acids is 1. The van der Waals surface area contributed by atoms with Crippen molar-refractivity contribution in [3.63, 3.8) is 0 Å². The monoisotopic (exact) mass is 342 g/mol. The van der Waals surface area contributed by atoms with E-state index in [1.54, 1.807) is 0 Å². The summed E-state index contributed by atoms with van der Waals surface area (Å²) >= 11 is 1.99. The molecule has 2 atom stereocenters. The van der Waals surface area contributed by atoms with Gasteiger partial charge in [0.15, 0.2) is 0 Å². The van der Waals surface area contributed by atoms with Crippen LogP contribution in [0.15, 0.2) is 0 Å². The summed E-state index contributed by atoms with van der Waals surface area (Å²) in [7, 11) is 0. The highest BCUT2D eigenvalue weighted by molar-refractivity contribution is 8.00. The maximum absolute atomic E-state index is 12.2. The Kier molecular flexibility index (Phi) is 6.90. The number of urea groups is 1. The van der Waals surface area contributed by atoms with Crippen LogP contribution >= 0.6 is 11.8 Å². The molecule has 5 nitrogen and oxygen atoms in total. The van der Waals surface area contributed by atoms with Gasteiger partial charge in [0, 0.05) is 31.5 Å². The van der Waals surface area contributed by atoms with Crippen LogP contribution in [0, 0.1) is 0 Å². The van der Waals surface area contributed by atoms with Gasteiger partial charge in [-0.05, 0) is 50.7 Å². The number of hydrogen-bond acceptors (Lipinski definition) is 4. The van der Waals surface area contributed by atoms with Crippen molar-refractivity contribution in [3.8, 4) is 0 Å². The van der Waals surface area contributed by atoms with Crippen molar-refractivity contribution < 1.29 is 14.3 Å². The molecule has 23 heavy (non-hydrogen) atoms. The van der Waals surface area contributed by atoms with Gasteiger partial charge < -0.3 is 19.7 Å². The third kappa shape index (κ3) is 5.54. The average Bonchev–Trinajstić information content (AvgIpc) is 3.13. The molecular formula is C17H30N2O3S. The van der Waals surface area contributed by atoms with Gasteiger partial charge in [0.2, 0.25) is 0 Å². The summed E-state index contributed by atoms with van der Waals surface area (Å²) in [6.45, 7) is 4.03. The zero-order valence-corrected chi connectivity index (χ0v) is 14.8. The number of hydrogen-bond donors (Lipinski definition) is 1. The summed E-state index contributed by atoms with van der Waals surface area (Å²) < 4.78 is 11.7. The predicted molar refractivity (Wildman–Crippen MR) is 93.0 cm³/mol. The molecule has 0 bridgehead atoms. The van der Waals surface area contributed by atoms with E-state index in [-0.39, 0.29) is 18.2 Å². The van der Waals surface area contributed by atoms with E-state index < -0.39 is 0 Å². The molecule has 3 saturated heterocycles. The highest BCUT2D eigenvalue weighted by atomic mass is 32.2. The largest absolute Gasteiger partial charge is 0.376 e. The molecule has 0 spiro atoms. The van der Waals surface area contributed by atoms with Gasteiger partial charge in [-0.15, -0.1) is 0 Å². The van der Waals surface area contributed by atoms with Crippen LogP contribution in [0.2, 0.25) is 0 Å². The molecule has 1 N–H and O–H groups in total. The number of nitrogens with one attached hydrogen (secondary N) is 1. The Labute approximate surface area is 143 Å². The minimum Gasteiger partial charge on any atom is -0.376 e. The Hall–Kier alpha value is -0.460. The maximum Gasteiger partial charge on any atom is 0.317 e. The van der Waals surface area contributed by atoms with E-state index >= 15 is 0 Å². The first-order valence-corrected chi connectivity index (χ1v) is 10.2. The molecule has 0 unspecified atom stereocenters. The van der Waals surface area contributed by atoms with E-state index in [4.69, 9.17) is 9.47 Å². The smallest absolute Gasteiger partial charge is 0.317 e. The van der Waals surface area contributed by atoms with Crippen LogP contribution in [-0.2, 0) is 9.47 Å². The van der Waals surface area contributed by atoms with Crippen LogP contribution in [0.25, 0.3) is 0 Å². The second kappa shape index (κ2) is 9.14. The summed E-state index contributed by atoms with van der Waals surface area (Å²) in [6.07, 6.45) is 8.55. The molecule has 0 saturated carbocycles. The summed E-state index contributed by atoms with van der Waals surface area (Å²) in [6, 6.07) is 0.103. The molecule has 0 aromatic carbocycles. The fourth-order valence-corrected chi connectivity index (χ4v) is 4.73. The summed E-state index contributed by atoms with van der Waals surface area (Å²) in [5.74, 6) is 1.24. The van der Waals surface area contributed by atoms with E-state index in [1.807, 2.05) is 16.7 Å². The van der Waals surface area contributed by atoms with Crippen LogP contribution in [0.4, 0.5) is 4.79 Å². The van der Waals surface area contributed by atoms with Crippen LogP contribution in [0.3, 0.4) is 0 Å². The number of ether oxygens (including phenoxy) is 2. The van der Waals surface area contributed by atoms with E-state index in [0.29, 0.717) is 5.25 Å². The molecule has 3 heterocycles. The molecule has 3 fully saturated rings. The molecule has 2 amide bonds. The first-order valence-electron chi connectivity index (χ1n) is 9.19. The molecular weight excluding hydrogens is 312 g/mol. The van der Waals surface area contributed by atoms with Crippen molar-refractivity contribution >= 4 is 17.8 Å². The van der Waals surface area contributed by atoms with Gasteiger partial charge in [0.05, 0.1) is 18.8 Å². The average molecular weight is 343 g/mol. The van der Waals surface area contributed by atoms with E-state index in [1.165, 1.54) is 31.4 Å². The highest BCUT2D eigenvalue weighted by Crippen LogP contribution is 2.25. The van der Waals surface area contributed by atoms with E-state index in [9.17, 15) is 4.79 Å². The molecule has 3 rings (SSSR count). The highest BCUT2D eigenvalue weighted by Gasteiger charge is 2.25. The molecule has 6 heteroatoms. The van der Waals surface area contributed by atoms with Crippen molar-refractivity contribution in [2.75, 3.05) is 38.6 Å². The fourth-order valence-electron chi connectivity index (χ4n) is 3.53. The Balaban J connectivity index is 1.29. The lowest BCUT2D eigenvalue weighted by Crippen LogP contribution is -2.47. The van der Waals surface area contributed by atoms with Gasteiger partial charge in [-0.2, -0.15) is 11.8 Å². The van der Waals surface area contributed by atoms with Crippen molar-refractivity contribution in [3.05, 3.63) is 0 Å². The van der Waals surface area contributed by atoms with E-state index in [0.717, 1.165) is 52.1 Å². The second-order valence-corrected chi connectivity index (χ2v) is 8.24. The van der Waals surface area contributed by atoms with Crippen LogP contribution in [-0.4, -0.2) is 67.0 Å². The van der Waals surface area contributed by atoms with Gasteiger partial charge in [-0.25, -0.2) is 4.79 Å². The fraction of sp³-hybridized carbons (Fsp3) is 0.941. The number of thioether (sulfide) groups is 1. The van der Waals surface area contributed by atoms with Crippen molar-refractivity contribution in [1.82, 2.24) is 10.2 Å². The molecule has 3 aliphatic rings. The van der Waals surface area contributed by atoms with Gasteiger partial charge >= 0.3 is 6.03 Å². The van der Waals surface area contributed by atoms with Gasteiger partial charge in [-0.1, -0.05) is 0 Å². The normalized spacial score (nSPS) is 29.7. The SMILES string of the molecule is O=C(NC[C@H]1CCCS1)N1CCC(OC[C@H]2CCCCO2)CC1. The lowest BCUT2D eigenvalue weighted by atomic mass is 10.1. The Morgan fingerprint density at radius 2 is 2.04 bits per heavy atom. The van der Waals surface area contributed by atoms with Crippen LogP contribution in [0.5, 0.6) is 0 Å². The number of amides is 2. The standard InChI is InChI=1S/C17H30N2O3S/c20-17(18-12-16-5-3-11-23-16)19-8-6-14(7-9-19)22-13-15-4-1-2-10-21-15/h14-16H,1-13H2,(H,18,20)/t15-,16-/m1/s1. The number of nitrogens with zero attached hydrogens (tertiary/aromatic N) is 1. The number of piperidine rings is 1. The van der Waals surface area contributed by atoms with Crippen molar-refractivity contribution in [2.24, 2.45) is 0 Å². The summed E-state index contributed by atoms with van der Waals surface area (Å²) in [5.41, 5.74) is 0. The summed E-state index contributed by atoms with van der Waals surface area (Å²) in [4.78, 5) is 14.2. The topological polar surface area (TPSA) is 50.8 Å². The van der Waals surface area contributed by atoms with Gasteiger partial charge in [-0.3, -0.25) is 0 Å². The van der Waals surface area contributed by atoms with E-state index in [2.05, 4.69) is 5.32 Å². The second-order valence-electron chi connectivity index (χ2n) is 6.83. The number of likely N-dealkylation sites (tertiary alicyclic amines) is 1. The molecule has 0 aliphatic carbocycles. The molecule has 132 valence electrons. The lowest BCUT2D eigenvalue weighted by Gasteiger charge is -2.33. The maximum atomic E-state index is 12.2. The number of rotatable bonds is 5. The number of carbonyl (C=O) groups is 1. The Morgan fingerprint density at radius 3 is 2.74 bits per heavy atom. The zero-order valence-electron chi connectivity index (χ0n) is 14.0. The van der Waals surface area contributed by atoms with Crippen LogP contribution < -0.4 is 5.32 Å². The Bertz CT molecular complexity index is 363. The van der Waals surface area contributed by atoms with Crippen molar-refractivity contribution in [1.29, 1.82) is 0 Å². The van der Waals surface area contributed by atoms with Gasteiger partial charge in [0.1, 0.15) is 0 Å². The first-order chi connectivity index (χ1) is 11.3. The molecule has 3 aliphatic heterocycles. The third-order valence-electron chi connectivity index (χ3n) is 5.03. The first kappa shape index (κ1) is 17.4. The third-order valence-corrected chi connectivity index (χ3v) is 6.42.